The Bertz CT molecular complexity index is 552. The van der Waals surface area contributed by atoms with E-state index in [4.69, 9.17) is 11.0 Å². The van der Waals surface area contributed by atoms with Crippen LogP contribution in [0.4, 0.5) is 5.69 Å². The minimum Gasteiger partial charge on any atom is -0.327 e. The van der Waals surface area contributed by atoms with Crippen molar-refractivity contribution in [1.82, 2.24) is 0 Å². The standard InChI is InChI=1S/C14H16BrN3O/c1-14(6-2-3-12(14)17)13(19)18-11-5-4-10(15)7-9(11)8-16/h4-5,7,12H,2-3,6,17H2,1H3,(H,18,19). The highest BCUT2D eigenvalue weighted by Crippen LogP contribution is 2.38. The molecule has 1 amide bonds. The number of hydrogen-bond acceptors (Lipinski definition) is 3. The highest BCUT2D eigenvalue weighted by atomic mass is 79.9. The van der Waals surface area contributed by atoms with Gasteiger partial charge in [-0.05, 0) is 38.0 Å². The molecule has 2 unspecified atom stereocenters. The largest absolute Gasteiger partial charge is 0.327 e. The molecule has 0 heterocycles. The molecule has 100 valence electrons. The molecular weight excluding hydrogens is 306 g/mol. The summed E-state index contributed by atoms with van der Waals surface area (Å²) in [4.78, 5) is 12.4. The minimum atomic E-state index is -0.542. The van der Waals surface area contributed by atoms with Gasteiger partial charge in [-0.15, -0.1) is 0 Å². The molecule has 1 fully saturated rings. The second-order valence-corrected chi connectivity index (χ2v) is 6.09. The molecule has 1 saturated carbocycles. The second kappa shape index (κ2) is 5.32. The van der Waals surface area contributed by atoms with E-state index in [9.17, 15) is 4.79 Å². The average molecular weight is 322 g/mol. The van der Waals surface area contributed by atoms with E-state index in [1.165, 1.54) is 0 Å². The van der Waals surface area contributed by atoms with Gasteiger partial charge in [-0.2, -0.15) is 5.26 Å². The third kappa shape index (κ3) is 2.65. The van der Waals surface area contributed by atoms with Gasteiger partial charge in [0.15, 0.2) is 0 Å². The van der Waals surface area contributed by atoms with Gasteiger partial charge in [-0.25, -0.2) is 0 Å². The van der Waals surface area contributed by atoms with Crippen LogP contribution in [-0.2, 0) is 4.79 Å². The van der Waals surface area contributed by atoms with E-state index in [0.29, 0.717) is 11.3 Å². The summed E-state index contributed by atoms with van der Waals surface area (Å²) < 4.78 is 0.811. The maximum atomic E-state index is 12.4. The Hall–Kier alpha value is -1.38. The van der Waals surface area contributed by atoms with Crippen LogP contribution in [0, 0.1) is 16.7 Å². The van der Waals surface area contributed by atoms with Gasteiger partial charge in [0.1, 0.15) is 6.07 Å². The Morgan fingerprint density at radius 2 is 2.37 bits per heavy atom. The van der Waals surface area contributed by atoms with Crippen molar-refractivity contribution in [3.05, 3.63) is 28.2 Å². The van der Waals surface area contributed by atoms with E-state index in [1.54, 1.807) is 18.2 Å². The number of halogens is 1. The van der Waals surface area contributed by atoms with Gasteiger partial charge in [0.25, 0.3) is 0 Å². The first-order valence-corrected chi connectivity index (χ1v) is 7.03. The lowest BCUT2D eigenvalue weighted by Crippen LogP contribution is -2.44. The molecule has 3 N–H and O–H groups in total. The Kier molecular flexibility index (Phi) is 3.93. The van der Waals surface area contributed by atoms with Crippen molar-refractivity contribution in [1.29, 1.82) is 5.26 Å². The topological polar surface area (TPSA) is 78.9 Å². The van der Waals surface area contributed by atoms with Gasteiger partial charge in [0.05, 0.1) is 16.7 Å². The number of rotatable bonds is 2. The van der Waals surface area contributed by atoms with Crippen molar-refractivity contribution in [2.45, 2.75) is 32.2 Å². The smallest absolute Gasteiger partial charge is 0.231 e. The van der Waals surface area contributed by atoms with Gasteiger partial charge in [0.2, 0.25) is 5.91 Å². The lowest BCUT2D eigenvalue weighted by molar-refractivity contribution is -0.125. The van der Waals surface area contributed by atoms with E-state index in [2.05, 4.69) is 27.3 Å². The third-order valence-electron chi connectivity index (χ3n) is 3.90. The third-order valence-corrected chi connectivity index (χ3v) is 4.39. The number of benzene rings is 1. The molecule has 0 saturated heterocycles. The Balaban J connectivity index is 2.22. The van der Waals surface area contributed by atoms with E-state index in [-0.39, 0.29) is 11.9 Å². The summed E-state index contributed by atoms with van der Waals surface area (Å²) in [6.45, 7) is 1.89. The highest BCUT2D eigenvalue weighted by molar-refractivity contribution is 9.10. The van der Waals surface area contributed by atoms with Gasteiger partial charge in [-0.3, -0.25) is 4.79 Å². The van der Waals surface area contributed by atoms with E-state index < -0.39 is 5.41 Å². The molecule has 2 atom stereocenters. The fraction of sp³-hybridized carbons (Fsp3) is 0.429. The van der Waals surface area contributed by atoms with Crippen LogP contribution in [0.3, 0.4) is 0 Å². The number of nitrogens with one attached hydrogen (secondary N) is 1. The van der Waals surface area contributed by atoms with Crippen molar-refractivity contribution in [2.75, 3.05) is 5.32 Å². The Morgan fingerprint density at radius 1 is 1.63 bits per heavy atom. The fourth-order valence-corrected chi connectivity index (χ4v) is 2.82. The van der Waals surface area contributed by atoms with E-state index in [1.807, 2.05) is 6.92 Å². The molecule has 0 radical (unpaired) electrons. The fourth-order valence-electron chi connectivity index (χ4n) is 2.46. The number of carbonyl (C=O) groups is 1. The predicted molar refractivity (Wildman–Crippen MR) is 77.4 cm³/mol. The number of nitrogens with zero attached hydrogens (tertiary/aromatic N) is 1. The minimum absolute atomic E-state index is 0.101. The molecule has 1 aliphatic carbocycles. The van der Waals surface area contributed by atoms with Gasteiger partial charge in [0, 0.05) is 10.5 Å². The highest BCUT2D eigenvalue weighted by Gasteiger charge is 2.43. The van der Waals surface area contributed by atoms with E-state index in [0.717, 1.165) is 23.7 Å². The molecule has 1 aliphatic rings. The summed E-state index contributed by atoms with van der Waals surface area (Å²) in [6.07, 6.45) is 2.63. The van der Waals surface area contributed by atoms with Crippen molar-refractivity contribution < 1.29 is 4.79 Å². The quantitative estimate of drug-likeness (QED) is 0.879. The molecule has 1 aromatic rings. The van der Waals surface area contributed by atoms with Crippen molar-refractivity contribution in [3.8, 4) is 6.07 Å². The number of hydrogen-bond donors (Lipinski definition) is 2. The number of anilines is 1. The zero-order valence-electron chi connectivity index (χ0n) is 10.7. The van der Waals surface area contributed by atoms with Crippen LogP contribution in [0.25, 0.3) is 0 Å². The SMILES string of the molecule is CC1(C(=O)Nc2ccc(Br)cc2C#N)CCCC1N. The van der Waals surface area contributed by atoms with Crippen molar-refractivity contribution >= 4 is 27.5 Å². The lowest BCUT2D eigenvalue weighted by Gasteiger charge is -2.27. The zero-order valence-corrected chi connectivity index (χ0v) is 12.3. The number of amides is 1. The van der Waals surface area contributed by atoms with Gasteiger partial charge >= 0.3 is 0 Å². The number of nitriles is 1. The van der Waals surface area contributed by atoms with Gasteiger partial charge < -0.3 is 11.1 Å². The molecule has 2 rings (SSSR count). The molecule has 5 heteroatoms. The first-order chi connectivity index (χ1) is 8.97. The first-order valence-electron chi connectivity index (χ1n) is 6.24. The molecule has 0 spiro atoms. The summed E-state index contributed by atoms with van der Waals surface area (Å²) in [5.74, 6) is -0.101. The maximum Gasteiger partial charge on any atom is 0.231 e. The normalized spacial score (nSPS) is 25.9. The summed E-state index contributed by atoms with van der Waals surface area (Å²) in [5.41, 5.74) is 6.47. The maximum absolute atomic E-state index is 12.4. The van der Waals surface area contributed by atoms with Crippen LogP contribution in [0.5, 0.6) is 0 Å². The average Bonchev–Trinajstić information content (AvgIpc) is 2.73. The van der Waals surface area contributed by atoms with Crippen LogP contribution in [-0.4, -0.2) is 11.9 Å². The van der Waals surface area contributed by atoms with Crippen molar-refractivity contribution in [3.63, 3.8) is 0 Å². The van der Waals surface area contributed by atoms with Crippen LogP contribution in [0.2, 0.25) is 0 Å². The molecular formula is C14H16BrN3O. The van der Waals surface area contributed by atoms with Crippen LogP contribution >= 0.6 is 15.9 Å². The number of nitrogens with two attached hydrogens (primary N) is 1. The monoisotopic (exact) mass is 321 g/mol. The molecule has 4 nitrogen and oxygen atoms in total. The van der Waals surface area contributed by atoms with Crippen LogP contribution in [0.1, 0.15) is 31.7 Å². The lowest BCUT2D eigenvalue weighted by atomic mass is 9.84. The van der Waals surface area contributed by atoms with E-state index >= 15 is 0 Å². The second-order valence-electron chi connectivity index (χ2n) is 5.17. The van der Waals surface area contributed by atoms with Gasteiger partial charge in [-0.1, -0.05) is 22.4 Å². The summed E-state index contributed by atoms with van der Waals surface area (Å²) in [6, 6.07) is 7.18. The first kappa shape index (κ1) is 14.0. The molecule has 0 aliphatic heterocycles. The molecule has 1 aromatic carbocycles. The van der Waals surface area contributed by atoms with Crippen LogP contribution in [0.15, 0.2) is 22.7 Å². The number of carbonyl (C=O) groups excluding carboxylic acids is 1. The van der Waals surface area contributed by atoms with Crippen molar-refractivity contribution in [2.24, 2.45) is 11.1 Å². The molecule has 19 heavy (non-hydrogen) atoms. The molecule has 0 bridgehead atoms. The zero-order chi connectivity index (χ0) is 14.0. The Morgan fingerprint density at radius 3 is 2.95 bits per heavy atom. The predicted octanol–water partition coefficient (Wildman–Crippen LogP) is 2.78. The molecule has 0 aromatic heterocycles. The Labute approximate surface area is 121 Å². The summed E-state index contributed by atoms with van der Waals surface area (Å²) in [7, 11) is 0. The summed E-state index contributed by atoms with van der Waals surface area (Å²) in [5, 5.41) is 11.9. The van der Waals surface area contributed by atoms with Crippen LogP contribution < -0.4 is 11.1 Å². The summed E-state index contributed by atoms with van der Waals surface area (Å²) >= 11 is 3.31.